The van der Waals surface area contributed by atoms with E-state index in [1.807, 2.05) is 19.9 Å². The van der Waals surface area contributed by atoms with Crippen molar-refractivity contribution in [1.82, 2.24) is 19.9 Å². The molecule has 39 heavy (non-hydrogen) atoms. The van der Waals surface area contributed by atoms with Crippen molar-refractivity contribution in [2.45, 2.75) is 45.6 Å². The molecule has 2 aliphatic heterocycles. The molecule has 1 aromatic carbocycles. The third-order valence-electron chi connectivity index (χ3n) is 6.47. The second-order valence-electron chi connectivity index (χ2n) is 11.2. The number of nitrogens with zero attached hydrogens (tertiary/aromatic N) is 5. The molecule has 11 heteroatoms. The number of carbonyl (C=O) groups is 2. The molecule has 2 amide bonds. The number of benzene rings is 1. The minimum Gasteiger partial charge on any atom is -0.489 e. The summed E-state index contributed by atoms with van der Waals surface area (Å²) in [7, 11) is 0. The fourth-order valence-corrected chi connectivity index (χ4v) is 4.46. The molecule has 2 aliphatic rings. The van der Waals surface area contributed by atoms with Gasteiger partial charge in [0.25, 0.3) is 0 Å². The van der Waals surface area contributed by atoms with Crippen molar-refractivity contribution in [3.63, 3.8) is 0 Å². The number of nitrogens with one attached hydrogen (secondary N) is 1. The highest BCUT2D eigenvalue weighted by molar-refractivity contribution is 5.97. The van der Waals surface area contributed by atoms with Gasteiger partial charge in [0, 0.05) is 35.8 Å². The van der Waals surface area contributed by atoms with Crippen LogP contribution in [0.4, 0.5) is 26.6 Å². The first-order valence-electron chi connectivity index (χ1n) is 12.7. The van der Waals surface area contributed by atoms with E-state index in [0.717, 1.165) is 5.56 Å². The second-order valence-corrected chi connectivity index (χ2v) is 11.2. The minimum atomic E-state index is -0.629. The van der Waals surface area contributed by atoms with Crippen molar-refractivity contribution in [1.29, 1.82) is 0 Å². The molecule has 1 saturated heterocycles. The first-order chi connectivity index (χ1) is 18.4. The average Bonchev–Trinajstić information content (AvgIpc) is 3.18. The van der Waals surface area contributed by atoms with Crippen molar-refractivity contribution >= 4 is 29.5 Å². The minimum absolute atomic E-state index is 0.0673. The molecule has 0 bridgehead atoms. The van der Waals surface area contributed by atoms with Crippen molar-refractivity contribution < 1.29 is 23.5 Å². The van der Waals surface area contributed by atoms with Crippen LogP contribution in [0.1, 0.15) is 40.2 Å². The van der Waals surface area contributed by atoms with Gasteiger partial charge in [0.05, 0.1) is 24.2 Å². The molecule has 0 spiro atoms. The average molecular weight is 535 g/mol. The molecule has 0 aliphatic carbocycles. The Hall–Kier alpha value is -4.28. The number of pyridine rings is 1. The van der Waals surface area contributed by atoms with Crippen LogP contribution in [0.5, 0.6) is 5.75 Å². The standard InChI is InChI=1S/C28H31FN6O4/c1-27(2,3)39-26(37)34-10-11-35(23(36)15-34)18-6-7-22(31-14-18)33-25-30-9-8-21(32-25)17-12-19-24(20(29)13-17)38-16-28(19,4)5/h6-9,12-14H,10-11,15-16H2,1-5H3,(H,30,31,32,33). The number of anilines is 3. The van der Waals surface area contributed by atoms with E-state index in [1.165, 1.54) is 11.0 Å². The first-order valence-corrected chi connectivity index (χ1v) is 12.7. The van der Waals surface area contributed by atoms with Crippen molar-refractivity contribution in [3.8, 4) is 17.0 Å². The smallest absolute Gasteiger partial charge is 0.410 e. The number of ether oxygens (including phenoxy) is 2. The van der Waals surface area contributed by atoms with Gasteiger partial charge >= 0.3 is 6.09 Å². The maximum atomic E-state index is 14.7. The first kappa shape index (κ1) is 26.3. The SMILES string of the molecule is CC(C)(C)OC(=O)N1CCN(c2ccc(Nc3nccc(-c4cc(F)c5c(c4)C(C)(C)CO5)n3)nc2)C(=O)C1. The van der Waals surface area contributed by atoms with Gasteiger partial charge in [-0.2, -0.15) is 0 Å². The van der Waals surface area contributed by atoms with Gasteiger partial charge in [-0.3, -0.25) is 9.69 Å². The molecular weight excluding hydrogens is 503 g/mol. The molecule has 2 aromatic heterocycles. The van der Waals surface area contributed by atoms with E-state index < -0.39 is 17.5 Å². The molecule has 204 valence electrons. The molecule has 5 rings (SSSR count). The van der Waals surface area contributed by atoms with Crippen LogP contribution < -0.4 is 15.0 Å². The molecule has 0 unspecified atom stereocenters. The van der Waals surface area contributed by atoms with Crippen LogP contribution in [0.25, 0.3) is 11.3 Å². The summed E-state index contributed by atoms with van der Waals surface area (Å²) >= 11 is 0. The molecule has 3 aromatic rings. The summed E-state index contributed by atoms with van der Waals surface area (Å²) in [5, 5.41) is 3.06. The summed E-state index contributed by atoms with van der Waals surface area (Å²) in [6, 6.07) is 8.52. The topological polar surface area (TPSA) is 110 Å². The third-order valence-corrected chi connectivity index (χ3v) is 6.47. The monoisotopic (exact) mass is 534 g/mol. The number of hydrogen-bond donors (Lipinski definition) is 1. The summed E-state index contributed by atoms with van der Waals surface area (Å²) in [6.45, 7) is 10.4. The van der Waals surface area contributed by atoms with E-state index in [0.29, 0.717) is 54.2 Å². The molecular formula is C28H31FN6O4. The number of halogens is 1. The zero-order valence-corrected chi connectivity index (χ0v) is 22.6. The van der Waals surface area contributed by atoms with Crippen LogP contribution in [0, 0.1) is 5.82 Å². The number of hydrogen-bond acceptors (Lipinski definition) is 8. The van der Waals surface area contributed by atoms with E-state index >= 15 is 0 Å². The van der Waals surface area contributed by atoms with Gasteiger partial charge in [0.15, 0.2) is 11.6 Å². The van der Waals surface area contributed by atoms with E-state index in [1.54, 1.807) is 56.3 Å². The van der Waals surface area contributed by atoms with Gasteiger partial charge in [-0.1, -0.05) is 13.8 Å². The van der Waals surface area contributed by atoms with Gasteiger partial charge in [0.2, 0.25) is 11.9 Å². The fraction of sp³-hybridized carbons (Fsp3) is 0.393. The van der Waals surface area contributed by atoms with Crippen LogP contribution in [-0.4, -0.2) is 63.7 Å². The third kappa shape index (κ3) is 5.62. The lowest BCUT2D eigenvalue weighted by Crippen LogP contribution is -2.53. The fourth-order valence-electron chi connectivity index (χ4n) is 4.46. The lowest BCUT2D eigenvalue weighted by molar-refractivity contribution is -0.121. The summed E-state index contributed by atoms with van der Waals surface area (Å²) in [6.07, 6.45) is 2.66. The maximum Gasteiger partial charge on any atom is 0.410 e. The molecule has 10 nitrogen and oxygen atoms in total. The Morgan fingerprint density at radius 2 is 1.95 bits per heavy atom. The Morgan fingerprint density at radius 1 is 1.15 bits per heavy atom. The Labute approximate surface area is 226 Å². The quantitative estimate of drug-likeness (QED) is 0.514. The Morgan fingerprint density at radius 3 is 2.64 bits per heavy atom. The van der Waals surface area contributed by atoms with Gasteiger partial charge in [-0.05, 0) is 51.1 Å². The number of fused-ring (bicyclic) bond motifs is 1. The van der Waals surface area contributed by atoms with Crippen LogP contribution in [0.3, 0.4) is 0 Å². The Kier molecular flexibility index (Phi) is 6.61. The van der Waals surface area contributed by atoms with Gasteiger partial charge < -0.3 is 19.7 Å². The molecule has 4 heterocycles. The van der Waals surface area contributed by atoms with E-state index in [4.69, 9.17) is 9.47 Å². The van der Waals surface area contributed by atoms with Gasteiger partial charge in [-0.25, -0.2) is 24.1 Å². The maximum absolute atomic E-state index is 14.7. The number of amides is 2. The summed E-state index contributed by atoms with van der Waals surface area (Å²) in [4.78, 5) is 41.2. The largest absolute Gasteiger partial charge is 0.489 e. The lowest BCUT2D eigenvalue weighted by atomic mass is 9.86. The molecule has 0 atom stereocenters. The molecule has 1 N–H and O–H groups in total. The Balaban J connectivity index is 1.26. The predicted molar refractivity (Wildman–Crippen MR) is 144 cm³/mol. The van der Waals surface area contributed by atoms with Crippen molar-refractivity contribution in [2.24, 2.45) is 0 Å². The van der Waals surface area contributed by atoms with E-state index in [-0.39, 0.29) is 17.9 Å². The van der Waals surface area contributed by atoms with Crippen LogP contribution in [-0.2, 0) is 14.9 Å². The second kappa shape index (κ2) is 9.79. The van der Waals surface area contributed by atoms with E-state index in [2.05, 4.69) is 20.3 Å². The van der Waals surface area contributed by atoms with Crippen molar-refractivity contribution in [2.75, 3.05) is 36.5 Å². The van der Waals surface area contributed by atoms with Gasteiger partial charge in [-0.15, -0.1) is 0 Å². The zero-order valence-electron chi connectivity index (χ0n) is 22.6. The molecule has 0 saturated carbocycles. The Bertz CT molecular complexity index is 1420. The van der Waals surface area contributed by atoms with Crippen LogP contribution >= 0.6 is 0 Å². The predicted octanol–water partition coefficient (Wildman–Crippen LogP) is 4.68. The highest BCUT2D eigenvalue weighted by Crippen LogP contribution is 2.42. The van der Waals surface area contributed by atoms with Gasteiger partial charge in [0.1, 0.15) is 18.0 Å². The highest BCUT2D eigenvalue weighted by atomic mass is 19.1. The summed E-state index contributed by atoms with van der Waals surface area (Å²) < 4.78 is 25.6. The summed E-state index contributed by atoms with van der Waals surface area (Å²) in [5.41, 5.74) is 1.68. The van der Waals surface area contributed by atoms with Crippen LogP contribution in [0.2, 0.25) is 0 Å². The number of rotatable bonds is 4. The van der Waals surface area contributed by atoms with Crippen molar-refractivity contribution in [3.05, 3.63) is 54.1 Å². The lowest BCUT2D eigenvalue weighted by Gasteiger charge is -2.35. The number of aromatic nitrogens is 3. The number of carbonyl (C=O) groups excluding carboxylic acids is 2. The zero-order chi connectivity index (χ0) is 27.9. The van der Waals surface area contributed by atoms with Crippen LogP contribution in [0.15, 0.2) is 42.7 Å². The molecule has 1 fully saturated rings. The summed E-state index contributed by atoms with van der Waals surface area (Å²) in [5.74, 6) is 0.433. The molecule has 0 radical (unpaired) electrons. The normalized spacial score (nSPS) is 16.5. The van der Waals surface area contributed by atoms with E-state index in [9.17, 15) is 14.0 Å². The highest BCUT2D eigenvalue weighted by Gasteiger charge is 2.35. The number of piperazine rings is 1.